The van der Waals surface area contributed by atoms with Gasteiger partial charge in [-0.1, -0.05) is 12.1 Å². The molecule has 3 aromatic heterocycles. The van der Waals surface area contributed by atoms with E-state index in [0.29, 0.717) is 6.61 Å². The molecular weight excluding hydrogens is 310 g/mol. The Hall–Kier alpha value is -2.33. The SMILES string of the molecule is C=CCn1c(C)c(C)c2nccc(OCc3cccnc3)c21.Cl. The van der Waals surface area contributed by atoms with E-state index in [1.54, 1.807) is 12.4 Å². The summed E-state index contributed by atoms with van der Waals surface area (Å²) in [6, 6.07) is 5.83. The molecule has 0 saturated heterocycles. The highest BCUT2D eigenvalue weighted by atomic mass is 35.5. The van der Waals surface area contributed by atoms with Crippen molar-refractivity contribution in [2.24, 2.45) is 0 Å². The van der Waals surface area contributed by atoms with Crippen LogP contribution in [0.1, 0.15) is 16.8 Å². The zero-order valence-corrected chi connectivity index (χ0v) is 14.1. The molecule has 0 aliphatic carbocycles. The largest absolute Gasteiger partial charge is 0.487 e. The lowest BCUT2D eigenvalue weighted by molar-refractivity contribution is 0.308. The number of hydrogen-bond donors (Lipinski definition) is 0. The molecule has 23 heavy (non-hydrogen) atoms. The quantitative estimate of drug-likeness (QED) is 0.657. The number of aromatic nitrogens is 3. The van der Waals surface area contributed by atoms with Crippen molar-refractivity contribution in [3.8, 4) is 5.75 Å². The van der Waals surface area contributed by atoms with Crippen LogP contribution >= 0.6 is 12.4 Å². The zero-order chi connectivity index (χ0) is 15.5. The summed E-state index contributed by atoms with van der Waals surface area (Å²) >= 11 is 0. The second kappa shape index (κ2) is 7.29. The number of ether oxygens (including phenoxy) is 1. The lowest BCUT2D eigenvalue weighted by atomic mass is 10.2. The first-order chi connectivity index (χ1) is 10.7. The Morgan fingerprint density at radius 1 is 1.26 bits per heavy atom. The molecule has 120 valence electrons. The highest BCUT2D eigenvalue weighted by Gasteiger charge is 2.15. The van der Waals surface area contributed by atoms with E-state index in [9.17, 15) is 0 Å². The molecule has 4 nitrogen and oxygen atoms in total. The van der Waals surface area contributed by atoms with Crippen LogP contribution in [0.2, 0.25) is 0 Å². The molecule has 0 bridgehead atoms. The second-order valence-electron chi connectivity index (χ2n) is 5.27. The highest BCUT2D eigenvalue weighted by molar-refractivity contribution is 5.86. The van der Waals surface area contributed by atoms with E-state index in [1.807, 2.05) is 30.5 Å². The maximum atomic E-state index is 6.03. The molecule has 0 N–H and O–H groups in total. The Bertz CT molecular complexity index is 812. The second-order valence-corrected chi connectivity index (χ2v) is 5.27. The fourth-order valence-electron chi connectivity index (χ4n) is 2.63. The molecule has 0 atom stereocenters. The Labute approximate surface area is 142 Å². The number of nitrogens with zero attached hydrogens (tertiary/aromatic N) is 3. The monoisotopic (exact) mass is 329 g/mol. The van der Waals surface area contributed by atoms with Gasteiger partial charge in [-0.05, 0) is 25.5 Å². The summed E-state index contributed by atoms with van der Waals surface area (Å²) in [5.41, 5.74) is 5.44. The van der Waals surface area contributed by atoms with Crippen molar-refractivity contribution in [3.63, 3.8) is 0 Å². The Morgan fingerprint density at radius 3 is 2.78 bits per heavy atom. The molecule has 0 amide bonds. The van der Waals surface area contributed by atoms with Gasteiger partial charge in [0, 0.05) is 42.5 Å². The van der Waals surface area contributed by atoms with E-state index in [2.05, 4.69) is 35.0 Å². The number of aryl methyl sites for hydroxylation is 1. The van der Waals surface area contributed by atoms with Gasteiger partial charge in [0.1, 0.15) is 17.9 Å². The van der Waals surface area contributed by atoms with Gasteiger partial charge in [0.2, 0.25) is 0 Å². The Balaban J connectivity index is 0.00000192. The number of allylic oxidation sites excluding steroid dienone is 1. The minimum Gasteiger partial charge on any atom is -0.487 e. The summed E-state index contributed by atoms with van der Waals surface area (Å²) in [6.45, 7) is 9.27. The smallest absolute Gasteiger partial charge is 0.147 e. The van der Waals surface area contributed by atoms with E-state index in [-0.39, 0.29) is 12.4 Å². The molecule has 5 heteroatoms. The first-order valence-electron chi connectivity index (χ1n) is 7.29. The van der Waals surface area contributed by atoms with Crippen LogP contribution in [0.5, 0.6) is 5.75 Å². The van der Waals surface area contributed by atoms with Gasteiger partial charge < -0.3 is 9.30 Å². The van der Waals surface area contributed by atoms with Crippen LogP contribution < -0.4 is 4.74 Å². The minimum atomic E-state index is 0. The maximum Gasteiger partial charge on any atom is 0.147 e. The minimum absolute atomic E-state index is 0. The summed E-state index contributed by atoms with van der Waals surface area (Å²) in [6.07, 6.45) is 7.27. The lowest BCUT2D eigenvalue weighted by Crippen LogP contribution is -2.01. The van der Waals surface area contributed by atoms with Crippen LogP contribution in [0.15, 0.2) is 49.4 Å². The van der Waals surface area contributed by atoms with E-state index in [4.69, 9.17) is 4.74 Å². The molecule has 3 aromatic rings. The van der Waals surface area contributed by atoms with E-state index >= 15 is 0 Å². The number of hydrogen-bond acceptors (Lipinski definition) is 3. The van der Waals surface area contributed by atoms with E-state index in [1.165, 1.54) is 11.3 Å². The zero-order valence-electron chi connectivity index (χ0n) is 13.3. The topological polar surface area (TPSA) is 39.9 Å². The maximum absolute atomic E-state index is 6.03. The number of rotatable bonds is 5. The number of fused-ring (bicyclic) bond motifs is 1. The third-order valence-electron chi connectivity index (χ3n) is 3.89. The van der Waals surface area contributed by atoms with Gasteiger partial charge in [-0.25, -0.2) is 0 Å². The summed E-state index contributed by atoms with van der Waals surface area (Å²) < 4.78 is 8.22. The van der Waals surface area contributed by atoms with Crippen molar-refractivity contribution in [1.29, 1.82) is 0 Å². The molecule has 0 saturated carbocycles. The standard InChI is InChI=1S/C18H19N3O.ClH/c1-4-10-21-14(3)13(2)17-18(21)16(7-9-20-17)22-12-15-6-5-8-19-11-15;/h4-9,11H,1,10,12H2,2-3H3;1H. The summed E-state index contributed by atoms with van der Waals surface area (Å²) in [5.74, 6) is 0.840. The van der Waals surface area contributed by atoms with Gasteiger partial charge in [-0.2, -0.15) is 0 Å². The molecule has 0 radical (unpaired) electrons. The molecule has 3 heterocycles. The van der Waals surface area contributed by atoms with Gasteiger partial charge in [-0.3, -0.25) is 9.97 Å². The lowest BCUT2D eigenvalue weighted by Gasteiger charge is -2.11. The fourth-order valence-corrected chi connectivity index (χ4v) is 2.63. The first kappa shape index (κ1) is 17.0. The van der Waals surface area contributed by atoms with Crippen molar-refractivity contribution < 1.29 is 4.74 Å². The predicted octanol–water partition coefficient (Wildman–Crippen LogP) is 4.23. The molecule has 0 aromatic carbocycles. The van der Waals surface area contributed by atoms with Crippen LogP contribution in [0.4, 0.5) is 0 Å². The average Bonchev–Trinajstić information content (AvgIpc) is 2.80. The van der Waals surface area contributed by atoms with Gasteiger partial charge in [0.05, 0.1) is 5.52 Å². The van der Waals surface area contributed by atoms with Crippen molar-refractivity contribution in [2.45, 2.75) is 27.0 Å². The summed E-state index contributed by atoms with van der Waals surface area (Å²) in [4.78, 5) is 8.63. The van der Waals surface area contributed by atoms with E-state index < -0.39 is 0 Å². The summed E-state index contributed by atoms with van der Waals surface area (Å²) in [7, 11) is 0. The molecule has 0 aliphatic heterocycles. The van der Waals surface area contributed by atoms with Crippen LogP contribution in [0.25, 0.3) is 11.0 Å². The van der Waals surface area contributed by atoms with Gasteiger partial charge >= 0.3 is 0 Å². The molecule has 3 rings (SSSR count). The molecule has 0 spiro atoms. The van der Waals surface area contributed by atoms with Crippen LogP contribution in [0, 0.1) is 13.8 Å². The van der Waals surface area contributed by atoms with E-state index in [0.717, 1.165) is 28.9 Å². The average molecular weight is 330 g/mol. The van der Waals surface area contributed by atoms with Gasteiger partial charge in [0.25, 0.3) is 0 Å². The van der Waals surface area contributed by atoms with Crippen LogP contribution in [-0.2, 0) is 13.2 Å². The summed E-state index contributed by atoms with van der Waals surface area (Å²) in [5, 5.41) is 0. The van der Waals surface area contributed by atoms with Crippen molar-refractivity contribution in [2.75, 3.05) is 0 Å². The molecular formula is C18H20ClN3O. The Kier molecular flexibility index (Phi) is 5.40. The highest BCUT2D eigenvalue weighted by Crippen LogP contribution is 2.31. The molecule has 0 unspecified atom stereocenters. The van der Waals surface area contributed by atoms with Crippen molar-refractivity contribution in [1.82, 2.24) is 14.5 Å². The normalized spacial score (nSPS) is 10.3. The Morgan fingerprint density at radius 2 is 2.09 bits per heavy atom. The van der Waals surface area contributed by atoms with Crippen molar-refractivity contribution >= 4 is 23.4 Å². The predicted molar refractivity (Wildman–Crippen MR) is 95.2 cm³/mol. The van der Waals surface area contributed by atoms with Crippen molar-refractivity contribution in [3.05, 3.63) is 66.3 Å². The molecule has 0 aliphatic rings. The van der Waals surface area contributed by atoms with Crippen LogP contribution in [-0.4, -0.2) is 14.5 Å². The third-order valence-corrected chi connectivity index (χ3v) is 3.89. The number of pyridine rings is 2. The first-order valence-corrected chi connectivity index (χ1v) is 7.29. The fraction of sp³-hybridized carbons (Fsp3) is 0.222. The van der Waals surface area contributed by atoms with Gasteiger partial charge in [-0.15, -0.1) is 19.0 Å². The third kappa shape index (κ3) is 3.22. The van der Waals surface area contributed by atoms with Crippen LogP contribution in [0.3, 0.4) is 0 Å². The molecule has 0 fully saturated rings. The number of halogens is 1. The van der Waals surface area contributed by atoms with Gasteiger partial charge in [0.15, 0.2) is 0 Å².